The molecule has 2 aromatic heterocycles. The number of carbonyl (C=O) groups excluding carboxylic acids is 1. The Hall–Kier alpha value is -3.29. The first-order chi connectivity index (χ1) is 13.8. The van der Waals surface area contributed by atoms with Gasteiger partial charge >= 0.3 is 6.09 Å². The molecule has 29 heavy (non-hydrogen) atoms. The first kappa shape index (κ1) is 19.0. The van der Waals surface area contributed by atoms with Crippen LogP contribution in [0.25, 0.3) is 16.6 Å². The van der Waals surface area contributed by atoms with E-state index >= 15 is 0 Å². The minimum absolute atomic E-state index is 0.428. The van der Waals surface area contributed by atoms with Crippen molar-refractivity contribution in [1.82, 2.24) is 14.6 Å². The van der Waals surface area contributed by atoms with Crippen LogP contribution in [0.15, 0.2) is 30.6 Å². The van der Waals surface area contributed by atoms with Crippen LogP contribution >= 0.6 is 0 Å². The fourth-order valence-corrected chi connectivity index (χ4v) is 3.36. The molecule has 3 N–H and O–H groups in total. The summed E-state index contributed by atoms with van der Waals surface area (Å²) in [4.78, 5) is 16.3. The Balaban J connectivity index is 1.72. The lowest BCUT2D eigenvalue weighted by Gasteiger charge is -2.20. The van der Waals surface area contributed by atoms with Gasteiger partial charge in [0.15, 0.2) is 5.82 Å². The van der Waals surface area contributed by atoms with Crippen LogP contribution in [-0.4, -0.2) is 33.4 Å². The molecule has 0 bridgehead atoms. The number of rotatable bonds is 4. The van der Waals surface area contributed by atoms with E-state index in [0.29, 0.717) is 23.2 Å². The smallest absolute Gasteiger partial charge is 0.412 e. The molecule has 8 heteroatoms. The zero-order chi connectivity index (χ0) is 20.8. The number of hydrogen-bond donors (Lipinski definition) is 2. The number of nitrogens with two attached hydrogens (primary N) is 1. The highest BCUT2D eigenvalue weighted by Crippen LogP contribution is 2.44. The minimum Gasteiger partial charge on any atom is -0.495 e. The predicted molar refractivity (Wildman–Crippen MR) is 111 cm³/mol. The first-order valence-corrected chi connectivity index (χ1v) is 9.57. The largest absolute Gasteiger partial charge is 0.495 e. The highest BCUT2D eigenvalue weighted by Gasteiger charge is 2.29. The molecule has 4 rings (SSSR count). The van der Waals surface area contributed by atoms with Gasteiger partial charge in [-0.05, 0) is 57.4 Å². The number of anilines is 2. The Labute approximate surface area is 169 Å². The second kappa shape index (κ2) is 6.95. The number of benzene rings is 1. The predicted octanol–water partition coefficient (Wildman–Crippen LogP) is 4.21. The number of nitrogen functional groups attached to an aromatic ring is 1. The summed E-state index contributed by atoms with van der Waals surface area (Å²) in [5.74, 6) is 1.45. The van der Waals surface area contributed by atoms with Gasteiger partial charge in [-0.3, -0.25) is 5.32 Å². The van der Waals surface area contributed by atoms with E-state index in [9.17, 15) is 4.79 Å². The molecule has 0 aliphatic heterocycles. The second-order valence-corrected chi connectivity index (χ2v) is 8.20. The van der Waals surface area contributed by atoms with Crippen LogP contribution < -0.4 is 15.8 Å². The average molecular weight is 395 g/mol. The normalized spacial score (nSPS) is 14.1. The van der Waals surface area contributed by atoms with Crippen molar-refractivity contribution in [3.05, 3.63) is 36.3 Å². The lowest BCUT2D eigenvalue weighted by atomic mass is 10.1. The Morgan fingerprint density at radius 2 is 2.03 bits per heavy atom. The maximum absolute atomic E-state index is 12.1. The van der Waals surface area contributed by atoms with Crippen LogP contribution in [0.3, 0.4) is 0 Å². The van der Waals surface area contributed by atoms with Crippen molar-refractivity contribution >= 4 is 23.1 Å². The molecule has 3 aromatic rings. The van der Waals surface area contributed by atoms with Crippen LogP contribution in [0.2, 0.25) is 0 Å². The third-order valence-corrected chi connectivity index (χ3v) is 4.75. The minimum atomic E-state index is -0.584. The van der Waals surface area contributed by atoms with E-state index in [1.165, 1.54) is 6.33 Å². The number of methoxy groups -OCH3 is 1. The molecule has 1 amide bonds. The van der Waals surface area contributed by atoms with Crippen LogP contribution in [0.1, 0.15) is 45.2 Å². The molecular weight excluding hydrogens is 370 g/mol. The number of nitrogens with zero attached hydrogens (tertiary/aromatic N) is 3. The van der Waals surface area contributed by atoms with Crippen molar-refractivity contribution in [2.24, 2.45) is 0 Å². The summed E-state index contributed by atoms with van der Waals surface area (Å²) in [6.45, 7) is 5.44. The van der Waals surface area contributed by atoms with Crippen molar-refractivity contribution in [3.63, 3.8) is 0 Å². The molecule has 2 heterocycles. The van der Waals surface area contributed by atoms with Gasteiger partial charge in [0.05, 0.1) is 12.8 Å². The van der Waals surface area contributed by atoms with Crippen LogP contribution in [0, 0.1) is 0 Å². The van der Waals surface area contributed by atoms with Crippen LogP contribution in [0.4, 0.5) is 16.3 Å². The van der Waals surface area contributed by atoms with Gasteiger partial charge in [0.2, 0.25) is 0 Å². The maximum atomic E-state index is 12.1. The van der Waals surface area contributed by atoms with E-state index in [2.05, 4.69) is 21.5 Å². The van der Waals surface area contributed by atoms with Gasteiger partial charge in [-0.1, -0.05) is 6.07 Å². The molecule has 0 spiro atoms. The van der Waals surface area contributed by atoms with Crippen LogP contribution in [0.5, 0.6) is 5.75 Å². The van der Waals surface area contributed by atoms with Gasteiger partial charge in [0.25, 0.3) is 0 Å². The molecule has 1 saturated carbocycles. The number of aromatic nitrogens is 3. The maximum Gasteiger partial charge on any atom is 0.412 e. The zero-order valence-electron chi connectivity index (χ0n) is 17.0. The highest BCUT2D eigenvalue weighted by atomic mass is 16.6. The number of nitrogens with one attached hydrogen (secondary N) is 1. The second-order valence-electron chi connectivity index (χ2n) is 8.20. The standard InChI is InChI=1S/C21H25N5O3/c1-21(2,3)29-20(27)25-15-8-7-13(9-17(15)28-4)14-10-16(12-5-6-12)26-18(14)19(22)23-11-24-26/h7-12H,5-6H2,1-4H3,(H,25,27)(H2,22,23,24). The van der Waals surface area contributed by atoms with Crippen molar-refractivity contribution in [2.45, 2.75) is 45.1 Å². The fraction of sp³-hybridized carbons (Fsp3) is 0.381. The molecule has 0 atom stereocenters. The van der Waals surface area contributed by atoms with Gasteiger partial charge in [0.1, 0.15) is 23.2 Å². The summed E-state index contributed by atoms with van der Waals surface area (Å²) in [7, 11) is 1.56. The SMILES string of the molecule is COc1cc(-c2cc(C3CC3)n3ncnc(N)c23)ccc1NC(=O)OC(C)(C)C. The third kappa shape index (κ3) is 3.83. The Kier molecular flexibility index (Phi) is 4.56. The van der Waals surface area contributed by atoms with Gasteiger partial charge in [0, 0.05) is 17.2 Å². The van der Waals surface area contributed by atoms with Gasteiger partial charge < -0.3 is 15.2 Å². The number of ether oxygens (including phenoxy) is 2. The molecule has 1 aromatic carbocycles. The summed E-state index contributed by atoms with van der Waals surface area (Å²) >= 11 is 0. The van der Waals surface area contributed by atoms with Crippen molar-refractivity contribution < 1.29 is 14.3 Å². The summed E-state index contributed by atoms with van der Waals surface area (Å²) in [5.41, 5.74) is 9.88. The third-order valence-electron chi connectivity index (χ3n) is 4.75. The highest BCUT2D eigenvalue weighted by molar-refractivity contribution is 5.92. The molecule has 1 aliphatic carbocycles. The Morgan fingerprint density at radius 1 is 1.28 bits per heavy atom. The van der Waals surface area contributed by atoms with Crippen LogP contribution in [-0.2, 0) is 4.74 Å². The van der Waals surface area contributed by atoms with Crippen molar-refractivity contribution in [1.29, 1.82) is 0 Å². The van der Waals surface area contributed by atoms with Crippen molar-refractivity contribution in [3.8, 4) is 16.9 Å². The average Bonchev–Trinajstić information content (AvgIpc) is 3.41. The molecule has 0 radical (unpaired) electrons. The van der Waals surface area contributed by atoms with E-state index in [-0.39, 0.29) is 0 Å². The monoisotopic (exact) mass is 395 g/mol. The lowest BCUT2D eigenvalue weighted by molar-refractivity contribution is 0.0635. The zero-order valence-corrected chi connectivity index (χ0v) is 17.0. The van der Waals surface area contributed by atoms with Gasteiger partial charge in [-0.15, -0.1) is 0 Å². The van der Waals surface area contributed by atoms with Gasteiger partial charge in [-0.2, -0.15) is 5.10 Å². The molecule has 1 aliphatic rings. The van der Waals surface area contributed by atoms with E-state index < -0.39 is 11.7 Å². The van der Waals surface area contributed by atoms with Gasteiger partial charge in [-0.25, -0.2) is 14.3 Å². The van der Waals surface area contributed by atoms with E-state index in [0.717, 1.165) is 35.2 Å². The Bertz CT molecular complexity index is 1080. The molecule has 152 valence electrons. The fourth-order valence-electron chi connectivity index (χ4n) is 3.36. The lowest BCUT2D eigenvalue weighted by Crippen LogP contribution is -2.27. The number of fused-ring (bicyclic) bond motifs is 1. The summed E-state index contributed by atoms with van der Waals surface area (Å²) in [5, 5.41) is 7.14. The molecule has 0 saturated heterocycles. The number of carbonyl (C=O) groups is 1. The van der Waals surface area contributed by atoms with E-state index in [1.54, 1.807) is 13.2 Å². The van der Waals surface area contributed by atoms with Crippen molar-refractivity contribution in [2.75, 3.05) is 18.2 Å². The summed E-state index contributed by atoms with van der Waals surface area (Å²) in [6, 6.07) is 7.69. The van der Waals surface area contributed by atoms with E-state index in [4.69, 9.17) is 15.2 Å². The summed E-state index contributed by atoms with van der Waals surface area (Å²) in [6.07, 6.45) is 3.24. The Morgan fingerprint density at radius 3 is 2.69 bits per heavy atom. The first-order valence-electron chi connectivity index (χ1n) is 9.57. The molecule has 8 nitrogen and oxygen atoms in total. The van der Waals surface area contributed by atoms with E-state index in [1.807, 2.05) is 37.4 Å². The topological polar surface area (TPSA) is 104 Å². The molecule has 1 fully saturated rings. The summed E-state index contributed by atoms with van der Waals surface area (Å²) < 4.78 is 12.7. The number of amides is 1. The molecular formula is C21H25N5O3. The quantitative estimate of drug-likeness (QED) is 0.686. The molecule has 0 unspecified atom stereocenters. The number of hydrogen-bond acceptors (Lipinski definition) is 6.